The molecule has 3 rings (SSSR count). The van der Waals surface area contributed by atoms with Crippen molar-refractivity contribution in [1.29, 1.82) is 0 Å². The zero-order chi connectivity index (χ0) is 45.3. The van der Waals surface area contributed by atoms with E-state index in [0.29, 0.717) is 71.1 Å². The number of ether oxygens (including phenoxy) is 3. The molecule has 0 aliphatic carbocycles. The average Bonchev–Trinajstić information content (AvgIpc) is 3.23. The highest BCUT2D eigenvalue weighted by atomic mass is 16.5. The Labute approximate surface area is 360 Å². The summed E-state index contributed by atoms with van der Waals surface area (Å²) in [5, 5.41) is 30.6. The predicted octanol–water partition coefficient (Wildman–Crippen LogP) is -0.760. The first-order valence-corrected chi connectivity index (χ1v) is 20.4. The number of aromatic nitrogens is 2. The number of Topliss-reactive ketones (excluding diaryl/α,β-unsaturated/α-hetero) is 1. The first-order chi connectivity index (χ1) is 29.8. The number of benzene rings is 2. The predicted molar refractivity (Wildman–Crippen MR) is 233 cm³/mol. The number of hydrogen-bond donors (Lipinski definition) is 11. The van der Waals surface area contributed by atoms with Crippen molar-refractivity contribution in [2.24, 2.45) is 22.2 Å². The van der Waals surface area contributed by atoms with E-state index in [1.54, 1.807) is 31.2 Å². The van der Waals surface area contributed by atoms with Crippen molar-refractivity contribution in [2.45, 2.75) is 63.6 Å². The Morgan fingerprint density at radius 1 is 0.710 bits per heavy atom. The molecule has 2 unspecified atom stereocenters. The maximum absolute atomic E-state index is 13.8. The molecule has 21 nitrogen and oxygen atoms in total. The fourth-order valence-corrected chi connectivity index (χ4v) is 5.88. The van der Waals surface area contributed by atoms with Crippen LogP contribution < -0.4 is 49.9 Å². The summed E-state index contributed by atoms with van der Waals surface area (Å²) in [6.07, 6.45) is 2.30. The molecule has 2 aromatic carbocycles. The highest BCUT2D eigenvalue weighted by Crippen LogP contribution is 2.16. The van der Waals surface area contributed by atoms with Crippen LogP contribution in [0.3, 0.4) is 0 Å². The number of phenolic OH excluding ortho intramolecular Hbond substituents is 2. The number of ketones is 1. The van der Waals surface area contributed by atoms with E-state index in [9.17, 15) is 29.4 Å². The van der Waals surface area contributed by atoms with Gasteiger partial charge in [0.2, 0.25) is 5.91 Å². The van der Waals surface area contributed by atoms with Gasteiger partial charge in [-0.2, -0.15) is 0 Å². The van der Waals surface area contributed by atoms with Crippen LogP contribution in [0.15, 0.2) is 53.5 Å². The third-order valence-electron chi connectivity index (χ3n) is 9.09. The normalized spacial score (nSPS) is 12.5. The lowest BCUT2D eigenvalue weighted by Gasteiger charge is -2.22. The van der Waals surface area contributed by atoms with Crippen LogP contribution in [-0.4, -0.2) is 134 Å². The third-order valence-corrected chi connectivity index (χ3v) is 9.09. The highest BCUT2D eigenvalue weighted by Gasteiger charge is 2.27. The molecule has 3 amide bonds. The van der Waals surface area contributed by atoms with Crippen LogP contribution >= 0.6 is 0 Å². The Balaban J connectivity index is 1.62. The molecule has 21 heteroatoms. The van der Waals surface area contributed by atoms with E-state index in [-0.39, 0.29) is 73.3 Å². The van der Waals surface area contributed by atoms with Gasteiger partial charge in [-0.15, -0.1) is 0 Å². The number of nitrogen functional groups attached to an aromatic ring is 2. The third kappa shape index (κ3) is 19.1. The van der Waals surface area contributed by atoms with Gasteiger partial charge in [-0.1, -0.05) is 24.3 Å². The van der Waals surface area contributed by atoms with Crippen molar-refractivity contribution in [3.8, 4) is 11.5 Å². The maximum atomic E-state index is 13.8. The van der Waals surface area contributed by atoms with Gasteiger partial charge in [0.15, 0.2) is 34.8 Å². The minimum absolute atomic E-state index is 0.0556. The van der Waals surface area contributed by atoms with E-state index in [0.717, 1.165) is 12.0 Å². The van der Waals surface area contributed by atoms with E-state index in [1.165, 1.54) is 24.3 Å². The summed E-state index contributed by atoms with van der Waals surface area (Å²) in [7, 11) is 0. The number of aromatic hydroxyl groups is 2. The van der Waals surface area contributed by atoms with Crippen LogP contribution in [0.5, 0.6) is 11.5 Å². The first-order valence-electron chi connectivity index (χ1n) is 20.4. The van der Waals surface area contributed by atoms with Gasteiger partial charge in [-0.05, 0) is 87.4 Å². The van der Waals surface area contributed by atoms with Gasteiger partial charge in [-0.3, -0.25) is 29.5 Å². The molecule has 0 bridgehead atoms. The maximum Gasteiger partial charge on any atom is 0.274 e. The van der Waals surface area contributed by atoms with Crippen molar-refractivity contribution in [2.75, 3.05) is 77.3 Å². The van der Waals surface area contributed by atoms with Crippen molar-refractivity contribution in [1.82, 2.24) is 31.2 Å². The van der Waals surface area contributed by atoms with E-state index < -0.39 is 41.2 Å². The summed E-state index contributed by atoms with van der Waals surface area (Å²) in [4.78, 5) is 65.9. The largest absolute Gasteiger partial charge is 0.508 e. The number of carbonyl (C=O) groups excluding carboxylic acids is 4. The standard InChI is InChI=1S/C41H62N12O9/c1-26(23-27-6-10-29(54)11-7-27)50-39(58)34-36(43)53-35(37(44)52-34)40(59)51-31(5-2-15-48-41(45)46)33(56)25-49-32(24-28-8-12-30(55)13-9-28)38(57)47-16-4-18-61-20-22-62-21-19-60-17-3-14-42/h6-13,26,31-32,49,54-55H,2-5,14-25,42H2,1H3,(H2,43,53)(H2,44,52)(H,47,57)(H,50,58)(H,51,59)(H4,45,46,48)/t26-,31?,32?/m1/s1. The molecule has 3 atom stereocenters. The molecular formula is C41H62N12O9. The summed E-state index contributed by atoms with van der Waals surface area (Å²) >= 11 is 0. The monoisotopic (exact) mass is 866 g/mol. The van der Waals surface area contributed by atoms with Crippen molar-refractivity contribution in [3.63, 3.8) is 0 Å². The average molecular weight is 867 g/mol. The van der Waals surface area contributed by atoms with E-state index >= 15 is 0 Å². The number of amides is 3. The van der Waals surface area contributed by atoms with Gasteiger partial charge in [0.05, 0.1) is 45.1 Å². The topological polar surface area (TPSA) is 353 Å². The van der Waals surface area contributed by atoms with E-state index in [4.69, 9.17) is 42.9 Å². The van der Waals surface area contributed by atoms with Crippen LogP contribution in [0.4, 0.5) is 11.6 Å². The molecule has 0 fully saturated rings. The Bertz CT molecular complexity index is 1880. The quantitative estimate of drug-likeness (QED) is 0.0223. The fraction of sp³-hybridized carbons (Fsp3) is 0.488. The molecule has 0 radical (unpaired) electrons. The number of phenols is 2. The minimum Gasteiger partial charge on any atom is -0.508 e. The number of aliphatic imine (C=N–C) groups is 1. The van der Waals surface area contributed by atoms with Gasteiger partial charge in [-0.25, -0.2) is 9.97 Å². The van der Waals surface area contributed by atoms with Crippen LogP contribution in [0.1, 0.15) is 64.7 Å². The zero-order valence-corrected chi connectivity index (χ0v) is 35.1. The number of anilines is 2. The lowest BCUT2D eigenvalue weighted by atomic mass is 10.0. The second-order valence-electron chi connectivity index (χ2n) is 14.3. The number of rotatable bonds is 30. The molecule has 0 saturated heterocycles. The van der Waals surface area contributed by atoms with E-state index in [2.05, 4.69) is 36.2 Å². The summed E-state index contributed by atoms with van der Waals surface area (Å²) < 4.78 is 16.4. The molecule has 0 spiro atoms. The molecule has 3 aromatic rings. The fourth-order valence-electron chi connectivity index (χ4n) is 5.88. The van der Waals surface area contributed by atoms with Gasteiger partial charge >= 0.3 is 0 Å². The van der Waals surface area contributed by atoms with Crippen LogP contribution in [0.25, 0.3) is 0 Å². The second kappa shape index (κ2) is 27.7. The first kappa shape index (κ1) is 50.2. The molecule has 1 heterocycles. The number of nitrogens with two attached hydrogens (primary N) is 5. The van der Waals surface area contributed by atoms with Gasteiger partial charge in [0.1, 0.15) is 11.5 Å². The number of hydrogen-bond acceptors (Lipinski definition) is 16. The number of guanidine groups is 1. The van der Waals surface area contributed by atoms with Crippen LogP contribution in [0, 0.1) is 0 Å². The number of nitrogens with zero attached hydrogens (tertiary/aromatic N) is 3. The summed E-state index contributed by atoms with van der Waals surface area (Å²) in [5.41, 5.74) is 29.4. The van der Waals surface area contributed by atoms with Crippen LogP contribution in [-0.2, 0) is 36.6 Å². The Hall–Kier alpha value is -6.13. The Morgan fingerprint density at radius 3 is 1.77 bits per heavy atom. The second-order valence-corrected chi connectivity index (χ2v) is 14.3. The van der Waals surface area contributed by atoms with Gasteiger partial charge in [0.25, 0.3) is 11.8 Å². The molecule has 16 N–H and O–H groups in total. The minimum atomic E-state index is -1.13. The molecular weight excluding hydrogens is 805 g/mol. The molecule has 62 heavy (non-hydrogen) atoms. The molecule has 0 saturated carbocycles. The molecule has 1 aromatic heterocycles. The number of carbonyl (C=O) groups is 4. The summed E-state index contributed by atoms with van der Waals surface area (Å²) in [6, 6.07) is 10.5. The summed E-state index contributed by atoms with van der Waals surface area (Å²) in [5.74, 6) is -3.15. The molecule has 0 aliphatic rings. The van der Waals surface area contributed by atoms with Crippen LogP contribution in [0.2, 0.25) is 0 Å². The molecule has 0 aliphatic heterocycles. The van der Waals surface area contributed by atoms with Crippen molar-refractivity contribution < 1.29 is 43.6 Å². The zero-order valence-electron chi connectivity index (χ0n) is 35.1. The Kier molecular flexibility index (Phi) is 22.4. The van der Waals surface area contributed by atoms with Crippen molar-refractivity contribution in [3.05, 3.63) is 71.0 Å². The highest BCUT2D eigenvalue weighted by molar-refractivity contribution is 6.02. The van der Waals surface area contributed by atoms with Crippen molar-refractivity contribution >= 4 is 41.1 Å². The van der Waals surface area contributed by atoms with Gasteiger partial charge < -0.3 is 69.0 Å². The van der Waals surface area contributed by atoms with Gasteiger partial charge in [0, 0.05) is 32.3 Å². The Morgan fingerprint density at radius 2 is 1.23 bits per heavy atom. The lowest BCUT2D eigenvalue weighted by Crippen LogP contribution is -2.51. The lowest BCUT2D eigenvalue weighted by molar-refractivity contribution is -0.124. The number of nitrogens with one attached hydrogen (secondary N) is 4. The van der Waals surface area contributed by atoms with E-state index in [1.807, 2.05) is 0 Å². The molecule has 340 valence electrons. The summed E-state index contributed by atoms with van der Waals surface area (Å²) in [6.45, 7) is 5.15. The SMILES string of the molecule is C[C@H](Cc1ccc(O)cc1)NC(=O)c1nc(N)c(C(=O)NC(CCCN=C(N)N)C(=O)CNC(Cc2ccc(O)cc2)C(=O)NCCCOCCOCCOCCCN)nc1N. The smallest absolute Gasteiger partial charge is 0.274 e.